The Hall–Kier alpha value is -2.97. The summed E-state index contributed by atoms with van der Waals surface area (Å²) in [5.41, 5.74) is 8.48. The molecule has 3 aromatic rings. The molecule has 8 heteroatoms. The lowest BCUT2D eigenvalue weighted by molar-refractivity contribution is 0.102. The molecular formula is C19H20FN5O2. The van der Waals surface area contributed by atoms with Gasteiger partial charge in [-0.1, -0.05) is 0 Å². The summed E-state index contributed by atoms with van der Waals surface area (Å²) in [4.78, 5) is 21.8. The summed E-state index contributed by atoms with van der Waals surface area (Å²) in [6.45, 7) is 2.73. The number of aromatic nitrogens is 2. The number of imidazole rings is 1. The van der Waals surface area contributed by atoms with E-state index in [0.29, 0.717) is 50.0 Å². The lowest BCUT2D eigenvalue weighted by atomic mass is 10.1. The summed E-state index contributed by atoms with van der Waals surface area (Å²) in [6, 6.07) is 9.85. The van der Waals surface area contributed by atoms with Gasteiger partial charge in [-0.2, -0.15) is 0 Å². The van der Waals surface area contributed by atoms with E-state index >= 15 is 0 Å². The van der Waals surface area contributed by atoms with Crippen molar-refractivity contribution in [2.75, 3.05) is 36.5 Å². The monoisotopic (exact) mass is 369 g/mol. The molecule has 0 radical (unpaired) electrons. The predicted octanol–water partition coefficient (Wildman–Crippen LogP) is 2.25. The molecule has 7 nitrogen and oxygen atoms in total. The van der Waals surface area contributed by atoms with Crippen LogP contribution in [0.2, 0.25) is 0 Å². The second-order valence-corrected chi connectivity index (χ2v) is 6.34. The molecule has 2 heterocycles. The second kappa shape index (κ2) is 7.34. The quantitative estimate of drug-likeness (QED) is 0.655. The zero-order chi connectivity index (χ0) is 18.8. The Kier molecular flexibility index (Phi) is 4.74. The van der Waals surface area contributed by atoms with Gasteiger partial charge in [-0.25, -0.2) is 9.37 Å². The zero-order valence-corrected chi connectivity index (χ0v) is 14.7. The van der Waals surface area contributed by atoms with E-state index in [1.165, 1.54) is 6.07 Å². The lowest BCUT2D eigenvalue weighted by Crippen LogP contribution is -2.36. The fraction of sp³-hybridized carbons (Fsp3) is 0.263. The van der Waals surface area contributed by atoms with Crippen molar-refractivity contribution in [2.24, 2.45) is 5.73 Å². The van der Waals surface area contributed by atoms with E-state index in [2.05, 4.69) is 15.3 Å². The van der Waals surface area contributed by atoms with Crippen LogP contribution in [0.15, 0.2) is 36.4 Å². The summed E-state index contributed by atoms with van der Waals surface area (Å²) >= 11 is 0. The molecule has 1 fully saturated rings. The number of ether oxygens (including phenoxy) is 1. The number of H-pyrrole nitrogens is 1. The van der Waals surface area contributed by atoms with Crippen LogP contribution in [0.5, 0.6) is 0 Å². The predicted molar refractivity (Wildman–Crippen MR) is 101 cm³/mol. The van der Waals surface area contributed by atoms with Gasteiger partial charge in [0.2, 0.25) is 0 Å². The molecule has 1 amide bonds. The minimum absolute atomic E-state index is 0.261. The molecule has 0 bridgehead atoms. The number of hydrogen-bond donors (Lipinski definition) is 3. The number of morpholine rings is 1. The molecule has 4 N–H and O–H groups in total. The van der Waals surface area contributed by atoms with Gasteiger partial charge in [-0.3, -0.25) is 4.79 Å². The highest BCUT2D eigenvalue weighted by molar-refractivity contribution is 6.05. The van der Waals surface area contributed by atoms with E-state index in [9.17, 15) is 9.18 Å². The van der Waals surface area contributed by atoms with Crippen LogP contribution in [-0.4, -0.2) is 42.2 Å². The number of halogens is 1. The summed E-state index contributed by atoms with van der Waals surface area (Å²) in [5.74, 6) is -0.115. The standard InChI is InChI=1S/C19H20FN5O2/c20-14-9-12(1-4-17(14)25-5-7-27-8-6-25)19(26)22-13-2-3-15-16(10-13)24-18(11-21)23-15/h1-4,9-10H,5-8,11,21H2,(H,22,26)(H,23,24). The Morgan fingerprint density at radius 1 is 1.26 bits per heavy atom. The van der Waals surface area contributed by atoms with Gasteiger partial charge in [0.15, 0.2) is 0 Å². The number of anilines is 2. The van der Waals surface area contributed by atoms with Crippen LogP contribution in [0.25, 0.3) is 11.0 Å². The first-order valence-corrected chi connectivity index (χ1v) is 8.76. The highest BCUT2D eigenvalue weighted by Gasteiger charge is 2.17. The van der Waals surface area contributed by atoms with Crippen molar-refractivity contribution in [3.63, 3.8) is 0 Å². The largest absolute Gasteiger partial charge is 0.378 e. The molecule has 2 aromatic carbocycles. The Balaban J connectivity index is 1.51. The first-order chi connectivity index (χ1) is 13.1. The molecule has 4 rings (SSSR count). The second-order valence-electron chi connectivity index (χ2n) is 6.34. The zero-order valence-electron chi connectivity index (χ0n) is 14.7. The Morgan fingerprint density at radius 2 is 2.07 bits per heavy atom. The Morgan fingerprint density at radius 3 is 2.81 bits per heavy atom. The Labute approximate surface area is 155 Å². The molecule has 0 saturated carbocycles. The maximum absolute atomic E-state index is 14.5. The van der Waals surface area contributed by atoms with Crippen LogP contribution < -0.4 is 16.0 Å². The molecule has 0 unspecified atom stereocenters. The van der Waals surface area contributed by atoms with Crippen molar-refractivity contribution in [3.05, 3.63) is 53.6 Å². The van der Waals surface area contributed by atoms with E-state index in [1.54, 1.807) is 30.3 Å². The number of nitrogens with one attached hydrogen (secondary N) is 2. The number of nitrogens with zero attached hydrogens (tertiary/aromatic N) is 2. The fourth-order valence-corrected chi connectivity index (χ4v) is 3.15. The third kappa shape index (κ3) is 3.62. The molecule has 0 aliphatic carbocycles. The van der Waals surface area contributed by atoms with Gasteiger partial charge in [0, 0.05) is 24.3 Å². The van der Waals surface area contributed by atoms with Crippen molar-refractivity contribution in [1.29, 1.82) is 0 Å². The van der Waals surface area contributed by atoms with Crippen molar-refractivity contribution < 1.29 is 13.9 Å². The average Bonchev–Trinajstić information content (AvgIpc) is 3.11. The highest BCUT2D eigenvalue weighted by atomic mass is 19.1. The fourth-order valence-electron chi connectivity index (χ4n) is 3.15. The SMILES string of the molecule is NCc1nc2ccc(NC(=O)c3ccc(N4CCOCC4)c(F)c3)cc2[nH]1. The van der Waals surface area contributed by atoms with Crippen molar-refractivity contribution >= 4 is 28.3 Å². The van der Waals surface area contributed by atoms with Gasteiger partial charge < -0.3 is 25.7 Å². The van der Waals surface area contributed by atoms with E-state index < -0.39 is 5.82 Å². The Bertz CT molecular complexity index is 981. The van der Waals surface area contributed by atoms with Crippen molar-refractivity contribution in [2.45, 2.75) is 6.54 Å². The summed E-state index contributed by atoms with van der Waals surface area (Å²) in [7, 11) is 0. The number of hydrogen-bond acceptors (Lipinski definition) is 5. The normalized spacial score (nSPS) is 14.5. The average molecular weight is 369 g/mol. The van der Waals surface area contributed by atoms with Gasteiger partial charge >= 0.3 is 0 Å². The smallest absolute Gasteiger partial charge is 0.255 e. The number of nitrogens with two attached hydrogens (primary N) is 1. The highest BCUT2D eigenvalue weighted by Crippen LogP contribution is 2.23. The first-order valence-electron chi connectivity index (χ1n) is 8.76. The van der Waals surface area contributed by atoms with Crippen molar-refractivity contribution in [3.8, 4) is 0 Å². The molecule has 0 atom stereocenters. The summed E-state index contributed by atoms with van der Waals surface area (Å²) in [5, 5.41) is 2.79. The maximum atomic E-state index is 14.5. The molecule has 1 aliphatic heterocycles. The third-order valence-corrected chi connectivity index (χ3v) is 4.54. The van der Waals surface area contributed by atoms with Crippen molar-refractivity contribution in [1.82, 2.24) is 9.97 Å². The van der Waals surface area contributed by atoms with Gasteiger partial charge in [-0.15, -0.1) is 0 Å². The minimum Gasteiger partial charge on any atom is -0.378 e. The summed E-state index contributed by atoms with van der Waals surface area (Å²) in [6.07, 6.45) is 0. The van der Waals surface area contributed by atoms with Gasteiger partial charge in [0.25, 0.3) is 5.91 Å². The number of fused-ring (bicyclic) bond motifs is 1. The van der Waals surface area contributed by atoms with Gasteiger partial charge in [0.1, 0.15) is 11.6 Å². The van der Waals surface area contributed by atoms with E-state index in [0.717, 1.165) is 11.0 Å². The molecule has 27 heavy (non-hydrogen) atoms. The van der Waals surface area contributed by atoms with Crippen LogP contribution in [0.1, 0.15) is 16.2 Å². The molecule has 1 aromatic heterocycles. The number of aromatic amines is 1. The van der Waals surface area contributed by atoms with E-state index in [1.807, 2.05) is 4.90 Å². The molecule has 1 aliphatic rings. The summed E-state index contributed by atoms with van der Waals surface area (Å²) < 4.78 is 19.8. The number of carbonyl (C=O) groups is 1. The number of amides is 1. The van der Waals surface area contributed by atoms with Gasteiger partial charge in [-0.05, 0) is 36.4 Å². The molecule has 0 spiro atoms. The maximum Gasteiger partial charge on any atom is 0.255 e. The third-order valence-electron chi connectivity index (χ3n) is 4.54. The number of benzene rings is 2. The molecule has 140 valence electrons. The number of carbonyl (C=O) groups excluding carboxylic acids is 1. The first kappa shape index (κ1) is 17.4. The molecular weight excluding hydrogens is 349 g/mol. The van der Waals surface area contributed by atoms with Crippen LogP contribution in [0.4, 0.5) is 15.8 Å². The van der Waals surface area contributed by atoms with Crippen LogP contribution in [0.3, 0.4) is 0 Å². The van der Waals surface area contributed by atoms with E-state index in [4.69, 9.17) is 10.5 Å². The topological polar surface area (TPSA) is 96.3 Å². The molecule has 1 saturated heterocycles. The van der Waals surface area contributed by atoms with Crippen LogP contribution >= 0.6 is 0 Å². The van der Waals surface area contributed by atoms with Crippen LogP contribution in [0, 0.1) is 5.82 Å². The minimum atomic E-state index is -0.416. The van der Waals surface area contributed by atoms with Gasteiger partial charge in [0.05, 0.1) is 36.5 Å². The lowest BCUT2D eigenvalue weighted by Gasteiger charge is -2.29. The number of rotatable bonds is 4. The van der Waals surface area contributed by atoms with Crippen LogP contribution in [-0.2, 0) is 11.3 Å². The van der Waals surface area contributed by atoms with E-state index in [-0.39, 0.29) is 11.5 Å².